The first-order valence-electron chi connectivity index (χ1n) is 7.50. The first-order valence-corrected chi connectivity index (χ1v) is 9.32. The minimum Gasteiger partial charge on any atom is -0.504 e. The van der Waals surface area contributed by atoms with Gasteiger partial charge in [-0.3, -0.25) is 20.4 Å². The molecule has 1 aliphatic heterocycles. The van der Waals surface area contributed by atoms with Crippen LogP contribution in [0.15, 0.2) is 36.5 Å². The Bertz CT molecular complexity index is 907. The molecular weight excluding hydrogens is 348 g/mol. The fourth-order valence-electron chi connectivity index (χ4n) is 2.52. The molecule has 1 aliphatic rings. The van der Waals surface area contributed by atoms with Crippen molar-refractivity contribution >= 4 is 21.7 Å². The molecule has 3 rings (SSSR count). The van der Waals surface area contributed by atoms with Gasteiger partial charge >= 0.3 is 0 Å². The number of aromatic nitrogens is 2. The van der Waals surface area contributed by atoms with Gasteiger partial charge in [0.1, 0.15) is 0 Å². The second-order valence-corrected chi connectivity index (χ2v) is 7.92. The topological polar surface area (TPSA) is 130 Å². The van der Waals surface area contributed by atoms with Crippen molar-refractivity contribution in [3.05, 3.63) is 42.2 Å². The highest BCUT2D eigenvalue weighted by molar-refractivity contribution is 7.91. The zero-order valence-corrected chi connectivity index (χ0v) is 13.9. The van der Waals surface area contributed by atoms with Crippen molar-refractivity contribution in [1.29, 1.82) is 0 Å². The largest absolute Gasteiger partial charge is 0.504 e. The third-order valence-electron chi connectivity index (χ3n) is 3.83. The van der Waals surface area contributed by atoms with E-state index in [0.29, 0.717) is 5.69 Å². The summed E-state index contributed by atoms with van der Waals surface area (Å²) in [5, 5.41) is 13.9. The molecule has 1 aromatic carbocycles. The molecule has 1 fully saturated rings. The van der Waals surface area contributed by atoms with Gasteiger partial charge in [-0.1, -0.05) is 18.2 Å². The molecular formula is C15H16N4O5S. The molecule has 2 amide bonds. The number of nitrogens with one attached hydrogen (secondary N) is 2. The van der Waals surface area contributed by atoms with E-state index in [4.69, 9.17) is 0 Å². The fraction of sp³-hybridized carbons (Fsp3) is 0.267. The van der Waals surface area contributed by atoms with E-state index in [0.717, 1.165) is 0 Å². The van der Waals surface area contributed by atoms with Crippen LogP contribution in [0.1, 0.15) is 16.9 Å². The maximum Gasteiger partial charge on any atom is 0.294 e. The van der Waals surface area contributed by atoms with Crippen LogP contribution in [0.2, 0.25) is 0 Å². The summed E-state index contributed by atoms with van der Waals surface area (Å²) < 4.78 is 24.1. The average molecular weight is 364 g/mol. The number of hydrogen-bond acceptors (Lipinski definition) is 6. The van der Waals surface area contributed by atoms with Crippen molar-refractivity contribution in [2.45, 2.75) is 6.42 Å². The van der Waals surface area contributed by atoms with E-state index in [2.05, 4.69) is 16.0 Å². The zero-order valence-electron chi connectivity index (χ0n) is 13.0. The lowest BCUT2D eigenvalue weighted by Gasteiger charge is -2.09. The summed E-state index contributed by atoms with van der Waals surface area (Å²) in [6.45, 7) is 0. The lowest BCUT2D eigenvalue weighted by Crippen LogP contribution is -2.45. The number of aromatic hydroxyl groups is 1. The first kappa shape index (κ1) is 17.0. The number of amides is 2. The van der Waals surface area contributed by atoms with E-state index in [1.807, 2.05) is 6.07 Å². The van der Waals surface area contributed by atoms with E-state index >= 15 is 0 Å². The predicted molar refractivity (Wildman–Crippen MR) is 87.6 cm³/mol. The summed E-state index contributed by atoms with van der Waals surface area (Å²) in [7, 11) is -3.19. The van der Waals surface area contributed by atoms with Gasteiger partial charge in [0, 0.05) is 0 Å². The fourth-order valence-corrected chi connectivity index (χ4v) is 4.26. The van der Waals surface area contributed by atoms with Crippen LogP contribution in [0.3, 0.4) is 0 Å². The minimum absolute atomic E-state index is 0.0404. The number of carbonyl (C=O) groups is 2. The Kier molecular flexibility index (Phi) is 4.45. The van der Waals surface area contributed by atoms with E-state index in [-0.39, 0.29) is 29.4 Å². The summed E-state index contributed by atoms with van der Waals surface area (Å²) >= 11 is 0. The Labute approximate surface area is 143 Å². The number of para-hydroxylation sites is 1. The van der Waals surface area contributed by atoms with Crippen molar-refractivity contribution in [2.24, 2.45) is 5.92 Å². The molecule has 25 heavy (non-hydrogen) atoms. The summed E-state index contributed by atoms with van der Waals surface area (Å²) in [5.74, 6) is -2.71. The Morgan fingerprint density at radius 3 is 2.56 bits per heavy atom. The maximum atomic E-state index is 12.1. The van der Waals surface area contributed by atoms with Crippen LogP contribution in [0.5, 0.6) is 5.75 Å². The van der Waals surface area contributed by atoms with E-state index in [9.17, 15) is 23.1 Å². The third kappa shape index (κ3) is 3.79. The number of benzene rings is 1. The second-order valence-electron chi connectivity index (χ2n) is 5.69. The molecule has 132 valence electrons. The van der Waals surface area contributed by atoms with Gasteiger partial charge in [-0.05, 0) is 18.6 Å². The lowest BCUT2D eigenvalue weighted by atomic mass is 10.1. The van der Waals surface area contributed by atoms with Gasteiger partial charge in [0.25, 0.3) is 5.91 Å². The van der Waals surface area contributed by atoms with Crippen molar-refractivity contribution < 1.29 is 23.1 Å². The van der Waals surface area contributed by atoms with Crippen molar-refractivity contribution in [2.75, 3.05) is 11.5 Å². The SMILES string of the molecule is O=C(NNC(=O)C1CCS(=O)(=O)C1)c1nn(-c2ccccc2)cc1O. The smallest absolute Gasteiger partial charge is 0.294 e. The first-order chi connectivity index (χ1) is 11.9. The van der Waals surface area contributed by atoms with Crippen LogP contribution in [0.25, 0.3) is 5.69 Å². The van der Waals surface area contributed by atoms with E-state index < -0.39 is 27.6 Å². The van der Waals surface area contributed by atoms with Crippen LogP contribution >= 0.6 is 0 Å². The van der Waals surface area contributed by atoms with E-state index in [1.54, 1.807) is 24.3 Å². The zero-order chi connectivity index (χ0) is 18.0. The summed E-state index contributed by atoms with van der Waals surface area (Å²) in [6, 6.07) is 8.87. The number of hydrazine groups is 1. The highest BCUT2D eigenvalue weighted by Crippen LogP contribution is 2.19. The van der Waals surface area contributed by atoms with E-state index in [1.165, 1.54) is 10.9 Å². The molecule has 1 saturated heterocycles. The molecule has 0 saturated carbocycles. The molecule has 0 spiro atoms. The lowest BCUT2D eigenvalue weighted by molar-refractivity contribution is -0.125. The number of rotatable bonds is 3. The Morgan fingerprint density at radius 2 is 1.92 bits per heavy atom. The molecule has 0 radical (unpaired) electrons. The van der Waals surface area contributed by atoms with Crippen molar-refractivity contribution in [1.82, 2.24) is 20.6 Å². The third-order valence-corrected chi connectivity index (χ3v) is 5.60. The van der Waals surface area contributed by atoms with Crippen molar-refractivity contribution in [3.63, 3.8) is 0 Å². The van der Waals surface area contributed by atoms with Crippen LogP contribution < -0.4 is 10.9 Å². The van der Waals surface area contributed by atoms with Gasteiger partial charge < -0.3 is 5.11 Å². The summed E-state index contributed by atoms with van der Waals surface area (Å²) in [6.07, 6.45) is 1.49. The van der Waals surface area contributed by atoms with Gasteiger partial charge in [-0.15, -0.1) is 0 Å². The number of nitrogens with zero attached hydrogens (tertiary/aromatic N) is 2. The molecule has 9 nitrogen and oxygen atoms in total. The van der Waals surface area contributed by atoms with Gasteiger partial charge in [0.2, 0.25) is 5.91 Å². The van der Waals surface area contributed by atoms with Gasteiger partial charge in [0.05, 0.1) is 29.3 Å². The van der Waals surface area contributed by atoms with Gasteiger partial charge in [-0.25, -0.2) is 13.1 Å². The highest BCUT2D eigenvalue weighted by Gasteiger charge is 2.33. The number of sulfone groups is 1. The number of hydrogen-bond donors (Lipinski definition) is 3. The highest BCUT2D eigenvalue weighted by atomic mass is 32.2. The minimum atomic E-state index is -3.19. The van der Waals surface area contributed by atoms with Gasteiger partial charge in [-0.2, -0.15) is 5.10 Å². The Hall–Kier alpha value is -2.88. The molecule has 1 atom stereocenters. The quantitative estimate of drug-likeness (QED) is 0.645. The molecule has 1 unspecified atom stereocenters. The molecule has 0 bridgehead atoms. The average Bonchev–Trinajstić information content (AvgIpc) is 3.15. The summed E-state index contributed by atoms with van der Waals surface area (Å²) in [5.41, 5.74) is 4.70. The standard InChI is InChI=1S/C15H16N4O5S/c20-12-8-19(11-4-2-1-3-5-11)18-13(12)15(22)17-16-14(21)10-6-7-25(23,24)9-10/h1-5,8,10,20H,6-7,9H2,(H,16,21)(H,17,22). The Morgan fingerprint density at radius 1 is 1.20 bits per heavy atom. The molecule has 3 N–H and O–H groups in total. The maximum absolute atomic E-state index is 12.1. The molecule has 1 aromatic heterocycles. The second kappa shape index (κ2) is 6.55. The molecule has 10 heteroatoms. The van der Waals surface area contributed by atoms with Gasteiger partial charge in [0.15, 0.2) is 21.3 Å². The van der Waals surface area contributed by atoms with Crippen LogP contribution in [0, 0.1) is 5.92 Å². The predicted octanol–water partition coefficient (Wildman–Crippen LogP) is -0.226. The monoisotopic (exact) mass is 364 g/mol. The number of carbonyl (C=O) groups excluding carboxylic acids is 2. The van der Waals surface area contributed by atoms with Crippen LogP contribution in [-0.2, 0) is 14.6 Å². The molecule has 2 aromatic rings. The van der Waals surface area contributed by atoms with Crippen LogP contribution in [0.4, 0.5) is 0 Å². The van der Waals surface area contributed by atoms with Crippen LogP contribution in [-0.4, -0.2) is 46.6 Å². The molecule has 0 aliphatic carbocycles. The normalized spacial score (nSPS) is 18.6. The summed E-state index contributed by atoms with van der Waals surface area (Å²) in [4.78, 5) is 24.0. The molecule has 2 heterocycles. The Balaban J connectivity index is 1.64. The van der Waals surface area contributed by atoms with Crippen molar-refractivity contribution in [3.8, 4) is 11.4 Å².